The quantitative estimate of drug-likeness (QED) is 0.388. The molecule has 0 rings (SSSR count). The van der Waals surface area contributed by atoms with Crippen LogP contribution in [0.5, 0.6) is 0 Å². The average Bonchev–Trinajstić information content (AvgIpc) is 2.50. The first-order chi connectivity index (χ1) is 11.5. The van der Waals surface area contributed by atoms with Gasteiger partial charge in [-0.15, -0.1) is 11.6 Å². The molecule has 7 nitrogen and oxygen atoms in total. The van der Waals surface area contributed by atoms with Crippen LogP contribution in [0.25, 0.3) is 0 Å². The van der Waals surface area contributed by atoms with E-state index in [9.17, 15) is 16.8 Å². The summed E-state index contributed by atoms with van der Waals surface area (Å²) in [5.74, 6) is 0.413. The summed E-state index contributed by atoms with van der Waals surface area (Å²) in [6, 6.07) is 0. The Bertz CT molecular complexity index is 465. The van der Waals surface area contributed by atoms with Gasteiger partial charge in [-0.25, -0.2) is 27.1 Å². The molecule has 0 saturated carbocycles. The molecule has 0 aromatic rings. The summed E-state index contributed by atoms with van der Waals surface area (Å²) >= 11 is 5.19. The van der Waals surface area contributed by atoms with E-state index in [2.05, 4.69) is 37.7 Å². The minimum Gasteiger partial charge on any atom is -0.304 e. The molecule has 0 fully saturated rings. The maximum Gasteiger partial charge on any atom is 0.209 e. The first-order valence-corrected chi connectivity index (χ1v) is 12.5. The minimum absolute atomic E-state index is 0.0174. The number of primary sulfonamides is 2. The fourth-order valence-corrected chi connectivity index (χ4v) is 2.91. The summed E-state index contributed by atoms with van der Waals surface area (Å²) < 4.78 is 41.3. The number of sulfonamides is 2. The van der Waals surface area contributed by atoms with E-state index < -0.39 is 20.0 Å². The fourth-order valence-electron chi connectivity index (χ4n) is 1.53. The third-order valence-electron chi connectivity index (χ3n) is 2.96. The number of nitrogens with two attached hydrogens (primary N) is 2. The topological polar surface area (TPSA) is 124 Å². The van der Waals surface area contributed by atoms with Gasteiger partial charge in [0, 0.05) is 5.88 Å². The van der Waals surface area contributed by atoms with Gasteiger partial charge in [0.1, 0.15) is 0 Å². The number of nitrogens with zero attached hydrogens (tertiary/aromatic N) is 1. The first kappa shape index (κ1) is 29.7. The third-order valence-corrected chi connectivity index (χ3v) is 4.95. The molecule has 4 N–H and O–H groups in total. The molecule has 0 heterocycles. The predicted molar refractivity (Wildman–Crippen MR) is 109 cm³/mol. The van der Waals surface area contributed by atoms with Crippen molar-refractivity contribution >= 4 is 31.6 Å². The van der Waals surface area contributed by atoms with Crippen LogP contribution in [-0.2, 0) is 20.0 Å². The Morgan fingerprint density at radius 3 is 1.52 bits per heavy atom. The van der Waals surface area contributed by atoms with E-state index in [0.29, 0.717) is 18.7 Å². The molecule has 0 aromatic carbocycles. The highest BCUT2D eigenvalue weighted by Gasteiger charge is 2.04. The van der Waals surface area contributed by atoms with Gasteiger partial charge < -0.3 is 4.90 Å². The van der Waals surface area contributed by atoms with Crippen molar-refractivity contribution in [3.8, 4) is 0 Å². The normalized spacial score (nSPS) is 11.3. The number of alkyl halides is 1. The minimum atomic E-state index is -3.27. The van der Waals surface area contributed by atoms with Gasteiger partial charge in [-0.2, -0.15) is 0 Å². The highest BCUT2D eigenvalue weighted by Crippen LogP contribution is 1.92. The molecule has 0 unspecified atom stereocenters. The van der Waals surface area contributed by atoms with Crippen LogP contribution in [0.1, 0.15) is 52.9 Å². The number of halogens is 1. The molecular formula is C15H37ClN3O4S2+. The van der Waals surface area contributed by atoms with Crippen LogP contribution in [-0.4, -0.2) is 58.8 Å². The summed E-state index contributed by atoms with van der Waals surface area (Å²) in [4.78, 5) is 2.17. The Hall–Kier alpha value is -0.0600. The zero-order chi connectivity index (χ0) is 20.4. The van der Waals surface area contributed by atoms with Crippen molar-refractivity contribution in [1.82, 2.24) is 4.90 Å². The lowest BCUT2D eigenvalue weighted by molar-refractivity contribution is 0.305. The van der Waals surface area contributed by atoms with Gasteiger partial charge in [0.15, 0.2) is 0 Å². The van der Waals surface area contributed by atoms with Crippen molar-refractivity contribution in [2.75, 3.05) is 37.0 Å². The lowest BCUT2D eigenvalue weighted by Gasteiger charge is -2.16. The summed E-state index contributed by atoms with van der Waals surface area (Å²) in [5, 5.41) is 9.49. The van der Waals surface area contributed by atoms with Crippen molar-refractivity contribution < 1.29 is 16.8 Å². The summed E-state index contributed by atoms with van der Waals surface area (Å²) in [6.45, 7) is 12.7. The Labute approximate surface area is 160 Å². The highest BCUT2D eigenvalue weighted by molar-refractivity contribution is 7.89. The van der Waals surface area contributed by atoms with E-state index in [0.717, 1.165) is 26.1 Å². The molecule has 0 bridgehead atoms. The van der Waals surface area contributed by atoms with E-state index >= 15 is 0 Å². The number of hydrogen-bond acceptors (Lipinski definition) is 5. The van der Waals surface area contributed by atoms with E-state index in [4.69, 9.17) is 16.7 Å². The Balaban J connectivity index is -0.000000321. The summed E-state index contributed by atoms with van der Waals surface area (Å²) in [6.07, 6.45) is 4.71. The van der Waals surface area contributed by atoms with Crippen LogP contribution in [0, 0.1) is 6.92 Å². The highest BCUT2D eigenvalue weighted by atomic mass is 35.5. The van der Waals surface area contributed by atoms with Gasteiger partial charge in [0.25, 0.3) is 0 Å². The van der Waals surface area contributed by atoms with Crippen molar-refractivity contribution in [1.29, 1.82) is 0 Å². The third kappa shape index (κ3) is 35.8. The largest absolute Gasteiger partial charge is 0.304 e. The molecule has 0 aliphatic carbocycles. The van der Waals surface area contributed by atoms with Gasteiger partial charge in [-0.05, 0) is 38.9 Å². The summed E-state index contributed by atoms with van der Waals surface area (Å²) in [5.41, 5.74) is 0. The van der Waals surface area contributed by atoms with Gasteiger partial charge in [0.2, 0.25) is 20.0 Å². The molecule has 0 saturated heterocycles. The van der Waals surface area contributed by atoms with E-state index in [1.807, 2.05) is 0 Å². The number of unbranched alkanes of at least 4 members (excludes halogenated alkanes) is 2. The lowest BCUT2D eigenvalue weighted by atomic mass is 10.3. The smallest absolute Gasteiger partial charge is 0.209 e. The van der Waals surface area contributed by atoms with Crippen LogP contribution in [0.2, 0.25) is 0 Å². The van der Waals surface area contributed by atoms with Crippen molar-refractivity contribution in [3.63, 3.8) is 0 Å². The first-order valence-electron chi connectivity index (χ1n) is 8.55. The molecule has 0 aromatic heterocycles. The second-order valence-electron chi connectivity index (χ2n) is 5.36. The molecule has 10 heteroatoms. The SMILES string of the molecule is CCN(CC)CCCS(N)(=O)=O.NS(=O)(=O)CCCCl.[CH2+]CCCC. The molecule has 0 radical (unpaired) electrons. The molecule has 25 heavy (non-hydrogen) atoms. The van der Waals surface area contributed by atoms with Crippen LogP contribution >= 0.6 is 11.6 Å². The van der Waals surface area contributed by atoms with E-state index in [1.54, 1.807) is 0 Å². The Kier molecular flexibility index (Phi) is 22.2. The van der Waals surface area contributed by atoms with Crippen LogP contribution in [0.4, 0.5) is 0 Å². The number of hydrogen-bond donors (Lipinski definition) is 2. The average molecular weight is 423 g/mol. The Morgan fingerprint density at radius 1 is 0.880 bits per heavy atom. The maximum atomic E-state index is 10.5. The lowest BCUT2D eigenvalue weighted by Crippen LogP contribution is -2.27. The number of rotatable bonds is 11. The van der Waals surface area contributed by atoms with Crippen LogP contribution in [0.15, 0.2) is 0 Å². The molecule has 154 valence electrons. The van der Waals surface area contributed by atoms with Crippen molar-refractivity contribution in [3.05, 3.63) is 6.92 Å². The second kappa shape index (κ2) is 18.7. The van der Waals surface area contributed by atoms with E-state index in [-0.39, 0.29) is 11.5 Å². The van der Waals surface area contributed by atoms with E-state index in [1.165, 1.54) is 12.8 Å². The Morgan fingerprint density at radius 2 is 1.32 bits per heavy atom. The molecule has 0 aliphatic rings. The monoisotopic (exact) mass is 422 g/mol. The van der Waals surface area contributed by atoms with Crippen molar-refractivity contribution in [2.24, 2.45) is 10.3 Å². The van der Waals surface area contributed by atoms with Crippen LogP contribution in [0.3, 0.4) is 0 Å². The molecule has 0 spiro atoms. The fraction of sp³-hybridized carbons (Fsp3) is 0.933. The van der Waals surface area contributed by atoms with Gasteiger partial charge in [-0.1, -0.05) is 27.2 Å². The maximum absolute atomic E-state index is 10.5. The molecule has 0 aliphatic heterocycles. The standard InChI is InChI=1S/C7H18N2O2S.C5H11.C3H8ClNO2S/c1-3-9(4-2)6-5-7-12(8,10)11;1-3-5-4-2;4-2-1-3-8(5,6)7/h3-7H2,1-2H3,(H2,8,10,11);1,3-5H2,2H3;1-3H2,(H2,5,6,7)/q;+1;. The summed E-state index contributed by atoms with van der Waals surface area (Å²) in [7, 11) is -6.53. The molecule has 0 amide bonds. The zero-order valence-electron chi connectivity index (χ0n) is 15.9. The predicted octanol–water partition coefficient (Wildman–Crippen LogP) is 1.92. The molecular weight excluding hydrogens is 386 g/mol. The zero-order valence-corrected chi connectivity index (χ0v) is 18.3. The van der Waals surface area contributed by atoms with Gasteiger partial charge >= 0.3 is 0 Å². The van der Waals surface area contributed by atoms with Gasteiger partial charge in [-0.3, -0.25) is 0 Å². The van der Waals surface area contributed by atoms with Gasteiger partial charge in [0.05, 0.1) is 24.9 Å². The van der Waals surface area contributed by atoms with Crippen LogP contribution < -0.4 is 10.3 Å². The van der Waals surface area contributed by atoms with Crippen molar-refractivity contribution in [2.45, 2.75) is 52.9 Å². The second-order valence-corrected chi connectivity index (χ2v) is 9.21. The molecule has 0 atom stereocenters.